The highest BCUT2D eigenvalue weighted by molar-refractivity contribution is 7.90. The summed E-state index contributed by atoms with van der Waals surface area (Å²) < 4.78 is 23.9. The molecule has 1 amide bonds. The van der Waals surface area contributed by atoms with E-state index in [1.807, 2.05) is 35.2 Å². The first-order valence-corrected chi connectivity index (χ1v) is 10.9. The van der Waals surface area contributed by atoms with E-state index in [2.05, 4.69) is 6.92 Å². The average molecular weight is 392 g/mol. The Morgan fingerprint density at radius 2 is 1.85 bits per heavy atom. The molecule has 1 atom stereocenters. The molecule has 0 aromatic heterocycles. The molecular formula is C20H22ClNO3S. The Labute approximate surface area is 159 Å². The number of hydrogen-bond donors (Lipinski definition) is 0. The van der Waals surface area contributed by atoms with E-state index in [-0.39, 0.29) is 21.9 Å². The molecule has 0 bridgehead atoms. The summed E-state index contributed by atoms with van der Waals surface area (Å²) in [5.41, 5.74) is 1.39. The molecule has 1 unspecified atom stereocenters. The van der Waals surface area contributed by atoms with Gasteiger partial charge in [-0.25, -0.2) is 8.42 Å². The van der Waals surface area contributed by atoms with Crippen molar-refractivity contribution in [2.45, 2.75) is 37.2 Å². The van der Waals surface area contributed by atoms with Crippen LogP contribution in [0.2, 0.25) is 5.02 Å². The molecule has 26 heavy (non-hydrogen) atoms. The molecule has 2 aromatic rings. The van der Waals surface area contributed by atoms with Gasteiger partial charge in [-0.3, -0.25) is 4.79 Å². The molecule has 6 heteroatoms. The predicted molar refractivity (Wildman–Crippen MR) is 103 cm³/mol. The summed E-state index contributed by atoms with van der Waals surface area (Å²) in [5, 5.41) is 0.133. The average Bonchev–Trinajstić information content (AvgIpc) is 3.44. The summed E-state index contributed by atoms with van der Waals surface area (Å²) in [7, 11) is -3.50. The number of nitrogens with zero attached hydrogens (tertiary/aromatic N) is 1. The van der Waals surface area contributed by atoms with Gasteiger partial charge in [0.25, 0.3) is 5.91 Å². The van der Waals surface area contributed by atoms with Crippen molar-refractivity contribution in [1.82, 2.24) is 4.90 Å². The number of carbonyl (C=O) groups is 1. The Kier molecular flexibility index (Phi) is 5.39. The number of halogens is 1. The Morgan fingerprint density at radius 3 is 2.42 bits per heavy atom. The van der Waals surface area contributed by atoms with Gasteiger partial charge in [0.05, 0.1) is 9.92 Å². The normalized spacial score (nSPS) is 15.5. The maximum Gasteiger partial charge on any atom is 0.254 e. The maximum absolute atomic E-state index is 13.2. The molecule has 2 aromatic carbocycles. The van der Waals surface area contributed by atoms with Gasteiger partial charge in [-0.1, -0.05) is 41.9 Å². The number of carbonyl (C=O) groups excluding carboxylic acids is 1. The summed E-state index contributed by atoms with van der Waals surface area (Å²) in [6.45, 7) is 2.56. The van der Waals surface area contributed by atoms with Crippen molar-refractivity contribution in [2.75, 3.05) is 6.26 Å². The molecule has 1 aliphatic carbocycles. The highest BCUT2D eigenvalue weighted by atomic mass is 35.5. The fraction of sp³-hybridized carbons (Fsp3) is 0.350. The van der Waals surface area contributed by atoms with Gasteiger partial charge in [0.2, 0.25) is 0 Å². The lowest BCUT2D eigenvalue weighted by molar-refractivity contribution is 0.0654. The summed E-state index contributed by atoms with van der Waals surface area (Å²) in [4.78, 5) is 15.0. The van der Waals surface area contributed by atoms with Crippen LogP contribution in [0.5, 0.6) is 0 Å². The van der Waals surface area contributed by atoms with Crippen LogP contribution in [0, 0.1) is 5.92 Å². The van der Waals surface area contributed by atoms with Crippen LogP contribution in [-0.4, -0.2) is 31.5 Å². The molecule has 0 aliphatic heterocycles. The van der Waals surface area contributed by atoms with Crippen molar-refractivity contribution in [3.8, 4) is 0 Å². The molecule has 4 nitrogen and oxygen atoms in total. The lowest BCUT2D eigenvalue weighted by Crippen LogP contribution is -2.39. The Morgan fingerprint density at radius 1 is 1.19 bits per heavy atom. The van der Waals surface area contributed by atoms with Crippen LogP contribution < -0.4 is 0 Å². The number of sulfone groups is 1. The van der Waals surface area contributed by atoms with Crippen molar-refractivity contribution in [1.29, 1.82) is 0 Å². The van der Waals surface area contributed by atoms with Gasteiger partial charge >= 0.3 is 0 Å². The van der Waals surface area contributed by atoms with E-state index in [0.29, 0.717) is 18.0 Å². The summed E-state index contributed by atoms with van der Waals surface area (Å²) in [5.74, 6) is 0.333. The van der Waals surface area contributed by atoms with Crippen LogP contribution in [0.1, 0.15) is 35.7 Å². The maximum atomic E-state index is 13.2. The third-order valence-corrected chi connectivity index (χ3v) is 6.41. The highest BCUT2D eigenvalue weighted by Crippen LogP contribution is 2.36. The van der Waals surface area contributed by atoms with Crippen LogP contribution in [0.25, 0.3) is 0 Å². The molecular weight excluding hydrogens is 370 g/mol. The molecule has 0 spiro atoms. The second-order valence-corrected chi connectivity index (χ2v) is 9.31. The van der Waals surface area contributed by atoms with E-state index in [0.717, 1.165) is 24.7 Å². The van der Waals surface area contributed by atoms with E-state index in [1.165, 1.54) is 12.1 Å². The van der Waals surface area contributed by atoms with Gasteiger partial charge in [0, 0.05) is 24.4 Å². The van der Waals surface area contributed by atoms with Gasteiger partial charge in [0.15, 0.2) is 9.84 Å². The lowest BCUT2D eigenvalue weighted by Gasteiger charge is -2.30. The number of hydrogen-bond acceptors (Lipinski definition) is 3. The van der Waals surface area contributed by atoms with Crippen molar-refractivity contribution >= 4 is 27.3 Å². The van der Waals surface area contributed by atoms with Gasteiger partial charge in [-0.2, -0.15) is 0 Å². The van der Waals surface area contributed by atoms with Crippen molar-refractivity contribution in [3.63, 3.8) is 0 Å². The topological polar surface area (TPSA) is 54.5 Å². The molecule has 3 rings (SSSR count). The molecule has 1 fully saturated rings. The Bertz CT molecular complexity index is 908. The van der Waals surface area contributed by atoms with Crippen molar-refractivity contribution in [3.05, 3.63) is 64.7 Å². The molecule has 0 radical (unpaired) electrons. The minimum absolute atomic E-state index is 0.0104. The van der Waals surface area contributed by atoms with Crippen molar-refractivity contribution in [2.24, 2.45) is 5.92 Å². The van der Waals surface area contributed by atoms with Gasteiger partial charge in [-0.05, 0) is 49.4 Å². The molecule has 0 saturated heterocycles. The van der Waals surface area contributed by atoms with Crippen molar-refractivity contribution < 1.29 is 13.2 Å². The fourth-order valence-corrected chi connectivity index (χ4v) is 4.40. The second-order valence-electron chi connectivity index (χ2n) is 6.91. The lowest BCUT2D eigenvalue weighted by atomic mass is 10.1. The largest absolute Gasteiger partial charge is 0.331 e. The van der Waals surface area contributed by atoms with Gasteiger partial charge in [0.1, 0.15) is 0 Å². The zero-order valence-corrected chi connectivity index (χ0v) is 16.4. The SMILES string of the molecule is CC(C1CC1)N(Cc1ccccc1)C(=O)c1ccc(Cl)c(S(C)(=O)=O)c1. The standard InChI is InChI=1S/C20H22ClNO3S/c1-14(16-8-9-16)22(13-15-6-4-3-5-7-15)20(23)17-10-11-18(21)19(12-17)26(2,24)25/h3-7,10-12,14,16H,8-9,13H2,1-2H3. The quantitative estimate of drug-likeness (QED) is 0.742. The minimum Gasteiger partial charge on any atom is -0.331 e. The second kappa shape index (κ2) is 7.41. The zero-order valence-electron chi connectivity index (χ0n) is 14.9. The molecule has 0 heterocycles. The molecule has 1 saturated carbocycles. The first-order valence-electron chi connectivity index (χ1n) is 8.62. The van der Waals surface area contributed by atoms with Crippen LogP contribution in [0.3, 0.4) is 0 Å². The first-order chi connectivity index (χ1) is 12.3. The van der Waals surface area contributed by atoms with Gasteiger partial charge < -0.3 is 4.90 Å². The van der Waals surface area contributed by atoms with E-state index in [4.69, 9.17) is 11.6 Å². The minimum atomic E-state index is -3.50. The van der Waals surface area contributed by atoms with Crippen LogP contribution >= 0.6 is 11.6 Å². The van der Waals surface area contributed by atoms with E-state index >= 15 is 0 Å². The molecule has 138 valence electrons. The summed E-state index contributed by atoms with van der Waals surface area (Å²) in [6.07, 6.45) is 3.33. The molecule has 0 N–H and O–H groups in total. The number of amides is 1. The highest BCUT2D eigenvalue weighted by Gasteiger charge is 2.35. The van der Waals surface area contributed by atoms with Gasteiger partial charge in [-0.15, -0.1) is 0 Å². The molecule has 1 aliphatic rings. The van der Waals surface area contributed by atoms with Crippen LogP contribution in [-0.2, 0) is 16.4 Å². The monoisotopic (exact) mass is 391 g/mol. The summed E-state index contributed by atoms with van der Waals surface area (Å²) in [6, 6.07) is 14.4. The Hall–Kier alpha value is -1.85. The van der Waals surface area contributed by atoms with E-state index in [1.54, 1.807) is 6.07 Å². The van der Waals surface area contributed by atoms with Crippen LogP contribution in [0.4, 0.5) is 0 Å². The fourth-order valence-electron chi connectivity index (χ4n) is 3.10. The van der Waals surface area contributed by atoms with E-state index < -0.39 is 9.84 Å². The Balaban J connectivity index is 1.95. The van der Waals surface area contributed by atoms with Crippen LogP contribution in [0.15, 0.2) is 53.4 Å². The number of rotatable bonds is 6. The summed E-state index contributed by atoms with van der Waals surface area (Å²) >= 11 is 6.01. The smallest absolute Gasteiger partial charge is 0.254 e. The van der Waals surface area contributed by atoms with E-state index in [9.17, 15) is 13.2 Å². The number of benzene rings is 2. The third kappa shape index (κ3) is 4.27. The first kappa shape index (κ1) is 18.9. The third-order valence-electron chi connectivity index (χ3n) is 4.83. The predicted octanol–water partition coefficient (Wildman–Crippen LogP) is 4.18. The zero-order chi connectivity index (χ0) is 18.9.